The van der Waals surface area contributed by atoms with Crippen molar-refractivity contribution in [3.8, 4) is 0 Å². The van der Waals surface area contributed by atoms with Crippen LogP contribution < -0.4 is 0 Å². The average molecular weight is 318 g/mol. The smallest absolute Gasteiger partial charge is 0.291 e. The van der Waals surface area contributed by atoms with Gasteiger partial charge in [0.1, 0.15) is 0 Å². The van der Waals surface area contributed by atoms with Crippen molar-refractivity contribution in [1.29, 1.82) is 0 Å². The van der Waals surface area contributed by atoms with Crippen molar-refractivity contribution in [1.82, 2.24) is 18.0 Å². The van der Waals surface area contributed by atoms with Gasteiger partial charge in [-0.15, -0.1) is 0 Å². The summed E-state index contributed by atoms with van der Waals surface area (Å²) in [6.07, 6.45) is 3.18. The third kappa shape index (κ3) is 2.63. The zero-order valence-electron chi connectivity index (χ0n) is 8.14. The minimum Gasteiger partial charge on any atom is -0.333 e. The molecule has 80 valence electrons. The standard InChI is InChI=1S/C9H11IN4O/c10-14-6-4-13(5-7-14)9(15)8-11-2-1-3-12-8/h1-3H,4-7H2. The van der Waals surface area contributed by atoms with E-state index in [4.69, 9.17) is 0 Å². The number of hydrogen-bond acceptors (Lipinski definition) is 4. The molecule has 0 bridgehead atoms. The zero-order valence-corrected chi connectivity index (χ0v) is 10.3. The highest BCUT2D eigenvalue weighted by atomic mass is 127. The van der Waals surface area contributed by atoms with E-state index < -0.39 is 0 Å². The molecule has 5 nitrogen and oxygen atoms in total. The van der Waals surface area contributed by atoms with Crippen molar-refractivity contribution in [2.24, 2.45) is 0 Å². The summed E-state index contributed by atoms with van der Waals surface area (Å²) in [7, 11) is 0. The second-order valence-corrected chi connectivity index (χ2v) is 4.64. The predicted molar refractivity (Wildman–Crippen MR) is 63.5 cm³/mol. The van der Waals surface area contributed by atoms with Crippen LogP contribution >= 0.6 is 22.9 Å². The number of hydrogen-bond donors (Lipinski definition) is 0. The topological polar surface area (TPSA) is 49.3 Å². The van der Waals surface area contributed by atoms with Crippen LogP contribution in [0.25, 0.3) is 0 Å². The van der Waals surface area contributed by atoms with E-state index in [1.54, 1.807) is 23.4 Å². The lowest BCUT2D eigenvalue weighted by Crippen LogP contribution is -2.45. The van der Waals surface area contributed by atoms with Crippen LogP contribution in [-0.4, -0.2) is 50.1 Å². The average Bonchev–Trinajstić information content (AvgIpc) is 2.30. The van der Waals surface area contributed by atoms with Gasteiger partial charge in [0.25, 0.3) is 5.91 Å². The summed E-state index contributed by atoms with van der Waals surface area (Å²) in [5, 5.41) is 0. The van der Waals surface area contributed by atoms with E-state index in [9.17, 15) is 4.79 Å². The Morgan fingerprint density at radius 3 is 2.40 bits per heavy atom. The summed E-state index contributed by atoms with van der Waals surface area (Å²) in [5.41, 5.74) is 0. The third-order valence-electron chi connectivity index (χ3n) is 2.27. The van der Waals surface area contributed by atoms with Gasteiger partial charge >= 0.3 is 0 Å². The number of carbonyl (C=O) groups excluding carboxylic acids is 1. The van der Waals surface area contributed by atoms with Crippen molar-refractivity contribution in [2.45, 2.75) is 0 Å². The molecule has 1 aromatic heterocycles. The van der Waals surface area contributed by atoms with Gasteiger partial charge < -0.3 is 4.90 Å². The van der Waals surface area contributed by atoms with Crippen LogP contribution in [0.2, 0.25) is 0 Å². The van der Waals surface area contributed by atoms with E-state index >= 15 is 0 Å². The summed E-state index contributed by atoms with van der Waals surface area (Å²) in [6.45, 7) is 3.30. The van der Waals surface area contributed by atoms with Gasteiger partial charge in [-0.3, -0.25) is 4.79 Å². The van der Waals surface area contributed by atoms with Gasteiger partial charge in [-0.25, -0.2) is 13.1 Å². The molecule has 2 rings (SSSR count). The first-order valence-corrected chi connectivity index (χ1v) is 5.71. The molecule has 0 aliphatic carbocycles. The molecule has 2 heterocycles. The molecule has 0 radical (unpaired) electrons. The molecule has 0 aromatic carbocycles. The van der Waals surface area contributed by atoms with Crippen LogP contribution in [0, 0.1) is 0 Å². The molecule has 1 aliphatic heterocycles. The molecule has 0 atom stereocenters. The van der Waals surface area contributed by atoms with Crippen LogP contribution in [0.1, 0.15) is 10.6 Å². The Kier molecular flexibility index (Phi) is 3.47. The van der Waals surface area contributed by atoms with Gasteiger partial charge in [-0.1, -0.05) is 0 Å². The van der Waals surface area contributed by atoms with E-state index in [2.05, 4.69) is 35.9 Å². The number of nitrogens with zero attached hydrogens (tertiary/aromatic N) is 4. The number of carbonyl (C=O) groups is 1. The van der Waals surface area contributed by atoms with Crippen molar-refractivity contribution in [2.75, 3.05) is 26.2 Å². The molecule has 1 aromatic rings. The Morgan fingerprint density at radius 2 is 1.80 bits per heavy atom. The summed E-state index contributed by atoms with van der Waals surface area (Å²) < 4.78 is 2.17. The van der Waals surface area contributed by atoms with E-state index in [0.717, 1.165) is 26.2 Å². The summed E-state index contributed by atoms with van der Waals surface area (Å²) in [6, 6.07) is 1.71. The lowest BCUT2D eigenvalue weighted by Gasteiger charge is -2.30. The van der Waals surface area contributed by atoms with Gasteiger partial charge in [0.15, 0.2) is 0 Å². The molecule has 6 heteroatoms. The van der Waals surface area contributed by atoms with Crippen LogP contribution in [-0.2, 0) is 0 Å². The highest BCUT2D eigenvalue weighted by molar-refractivity contribution is 14.1. The first kappa shape index (κ1) is 10.7. The lowest BCUT2D eigenvalue weighted by molar-refractivity contribution is 0.0698. The van der Waals surface area contributed by atoms with Crippen molar-refractivity contribution in [3.63, 3.8) is 0 Å². The Morgan fingerprint density at radius 1 is 1.20 bits per heavy atom. The highest BCUT2D eigenvalue weighted by Crippen LogP contribution is 2.08. The molecule has 15 heavy (non-hydrogen) atoms. The maximum atomic E-state index is 11.9. The number of rotatable bonds is 1. The molecule has 0 N–H and O–H groups in total. The normalized spacial score (nSPS) is 17.8. The number of aromatic nitrogens is 2. The second-order valence-electron chi connectivity index (χ2n) is 3.27. The van der Waals surface area contributed by atoms with Crippen molar-refractivity contribution in [3.05, 3.63) is 24.3 Å². The van der Waals surface area contributed by atoms with Crippen molar-refractivity contribution >= 4 is 28.8 Å². The van der Waals surface area contributed by atoms with Gasteiger partial charge in [-0.2, -0.15) is 0 Å². The van der Waals surface area contributed by atoms with E-state index in [1.165, 1.54) is 0 Å². The lowest BCUT2D eigenvalue weighted by atomic mass is 10.3. The summed E-state index contributed by atoms with van der Waals surface area (Å²) in [4.78, 5) is 21.6. The molecule has 1 aliphatic rings. The molecule has 0 saturated carbocycles. The van der Waals surface area contributed by atoms with Gasteiger partial charge in [0, 0.05) is 61.4 Å². The van der Waals surface area contributed by atoms with E-state index in [-0.39, 0.29) is 5.91 Å². The Hall–Kier alpha value is -0.760. The summed E-state index contributed by atoms with van der Waals surface area (Å²) in [5.74, 6) is 0.222. The first-order chi connectivity index (χ1) is 7.27. The van der Waals surface area contributed by atoms with E-state index in [1.807, 2.05) is 0 Å². The molecule has 1 amide bonds. The fraction of sp³-hybridized carbons (Fsp3) is 0.444. The fourth-order valence-electron chi connectivity index (χ4n) is 1.44. The maximum Gasteiger partial charge on any atom is 0.291 e. The number of amides is 1. The SMILES string of the molecule is O=C(c1ncccn1)N1CCN(I)CC1. The van der Waals surface area contributed by atoms with Crippen molar-refractivity contribution < 1.29 is 4.79 Å². The summed E-state index contributed by atoms with van der Waals surface area (Å²) >= 11 is 2.27. The molecule has 0 spiro atoms. The Labute approximate surface area is 102 Å². The molecule has 1 saturated heterocycles. The Balaban J connectivity index is 2.03. The van der Waals surface area contributed by atoms with E-state index in [0.29, 0.717) is 5.82 Å². The number of halogens is 1. The second kappa shape index (κ2) is 4.84. The highest BCUT2D eigenvalue weighted by Gasteiger charge is 2.22. The largest absolute Gasteiger partial charge is 0.333 e. The van der Waals surface area contributed by atoms with Crippen LogP contribution in [0.5, 0.6) is 0 Å². The van der Waals surface area contributed by atoms with Crippen LogP contribution in [0.3, 0.4) is 0 Å². The Bertz CT molecular complexity index is 337. The maximum absolute atomic E-state index is 11.9. The quantitative estimate of drug-likeness (QED) is 0.562. The fourth-order valence-corrected chi connectivity index (χ4v) is 1.87. The van der Waals surface area contributed by atoms with Gasteiger partial charge in [0.05, 0.1) is 0 Å². The van der Waals surface area contributed by atoms with Gasteiger partial charge in [-0.05, 0) is 6.07 Å². The molecular formula is C9H11IN4O. The first-order valence-electron chi connectivity index (χ1n) is 4.74. The molecule has 0 unspecified atom stereocenters. The minimum absolute atomic E-state index is 0.0694. The monoisotopic (exact) mass is 318 g/mol. The molecular weight excluding hydrogens is 307 g/mol. The van der Waals surface area contributed by atoms with Crippen LogP contribution in [0.4, 0.5) is 0 Å². The third-order valence-corrected chi connectivity index (χ3v) is 3.23. The van der Waals surface area contributed by atoms with Gasteiger partial charge in [0.2, 0.25) is 5.82 Å². The van der Waals surface area contributed by atoms with Crippen LogP contribution in [0.15, 0.2) is 18.5 Å². The minimum atomic E-state index is -0.0694. The molecule has 1 fully saturated rings. The predicted octanol–water partition coefficient (Wildman–Crippen LogP) is 0.584. The number of piperazine rings is 1. The zero-order chi connectivity index (χ0) is 10.7.